The third-order valence-electron chi connectivity index (χ3n) is 4.50. The van der Waals surface area contributed by atoms with E-state index in [4.69, 9.17) is 4.42 Å². The molecule has 0 aliphatic rings. The maximum atomic E-state index is 12.3. The molecule has 4 aromatic rings. The van der Waals surface area contributed by atoms with Gasteiger partial charge in [-0.3, -0.25) is 14.3 Å². The van der Waals surface area contributed by atoms with E-state index in [0.29, 0.717) is 36.5 Å². The molecule has 0 spiro atoms. The van der Waals surface area contributed by atoms with Crippen molar-refractivity contribution in [1.29, 1.82) is 0 Å². The van der Waals surface area contributed by atoms with Gasteiger partial charge in [-0.05, 0) is 37.6 Å². The van der Waals surface area contributed by atoms with Gasteiger partial charge >= 0.3 is 0 Å². The molecular formula is C19H19N5O3S. The third-order valence-corrected chi connectivity index (χ3v) is 5.60. The number of H-pyrrole nitrogens is 1. The van der Waals surface area contributed by atoms with Gasteiger partial charge in [0.2, 0.25) is 0 Å². The molecule has 28 heavy (non-hydrogen) atoms. The molecule has 0 aliphatic carbocycles. The Kier molecular flexibility index (Phi) is 4.82. The fourth-order valence-electron chi connectivity index (χ4n) is 2.94. The predicted molar refractivity (Wildman–Crippen MR) is 106 cm³/mol. The molecule has 9 heteroatoms. The maximum absolute atomic E-state index is 12.3. The van der Waals surface area contributed by atoms with E-state index in [9.17, 15) is 9.59 Å². The minimum atomic E-state index is -0.307. The minimum Gasteiger partial charge on any atom is -0.454 e. The summed E-state index contributed by atoms with van der Waals surface area (Å²) in [6, 6.07) is 5.22. The number of rotatable bonds is 6. The summed E-state index contributed by atoms with van der Waals surface area (Å²) in [7, 11) is 0. The second kappa shape index (κ2) is 7.43. The summed E-state index contributed by atoms with van der Waals surface area (Å²) in [6.07, 6.45) is 3.93. The van der Waals surface area contributed by atoms with E-state index in [1.165, 1.54) is 11.3 Å². The fourth-order valence-corrected chi connectivity index (χ4v) is 3.99. The molecule has 0 radical (unpaired) electrons. The highest BCUT2D eigenvalue weighted by Gasteiger charge is 2.13. The highest BCUT2D eigenvalue weighted by atomic mass is 32.1. The summed E-state index contributed by atoms with van der Waals surface area (Å²) in [5.74, 6) is 1.13. The molecule has 1 amide bonds. The summed E-state index contributed by atoms with van der Waals surface area (Å²) in [5, 5.41) is 7.54. The Morgan fingerprint density at radius 3 is 3.00 bits per heavy atom. The molecular weight excluding hydrogens is 378 g/mol. The molecule has 4 aromatic heterocycles. The molecule has 0 aromatic carbocycles. The van der Waals surface area contributed by atoms with Crippen molar-refractivity contribution >= 4 is 27.5 Å². The molecule has 8 nitrogen and oxygen atoms in total. The van der Waals surface area contributed by atoms with Crippen LogP contribution in [0.1, 0.15) is 32.6 Å². The van der Waals surface area contributed by atoms with Gasteiger partial charge in [0.25, 0.3) is 11.5 Å². The number of amides is 1. The summed E-state index contributed by atoms with van der Waals surface area (Å²) in [6.45, 7) is 4.71. The van der Waals surface area contributed by atoms with Crippen molar-refractivity contribution in [2.45, 2.75) is 26.8 Å². The van der Waals surface area contributed by atoms with E-state index in [1.807, 2.05) is 26.1 Å². The SMILES string of the molecule is Cc1sc2nc(CCNC(=O)c3ccc(Cn4cccn4)o3)[nH]c(=O)c2c1C. The van der Waals surface area contributed by atoms with E-state index in [-0.39, 0.29) is 17.2 Å². The van der Waals surface area contributed by atoms with Crippen LogP contribution in [0.3, 0.4) is 0 Å². The number of fused-ring (bicyclic) bond motifs is 1. The van der Waals surface area contributed by atoms with Crippen molar-refractivity contribution < 1.29 is 9.21 Å². The molecule has 2 N–H and O–H groups in total. The standard InChI is InChI=1S/C19H19N5O3S/c1-11-12(2)28-19-16(11)18(26)22-15(23-19)6-8-20-17(25)14-5-4-13(27-14)10-24-9-3-7-21-24/h3-5,7,9H,6,8,10H2,1-2H3,(H,20,25)(H,22,23,26). The number of furan rings is 1. The Labute approximate surface area is 164 Å². The third kappa shape index (κ3) is 3.61. The van der Waals surface area contributed by atoms with Crippen LogP contribution in [-0.2, 0) is 13.0 Å². The van der Waals surface area contributed by atoms with Crippen molar-refractivity contribution in [2.24, 2.45) is 0 Å². The highest BCUT2D eigenvalue weighted by Crippen LogP contribution is 2.25. The molecule has 0 saturated heterocycles. The van der Waals surface area contributed by atoms with Gasteiger partial charge in [-0.15, -0.1) is 11.3 Å². The number of aryl methyl sites for hydroxylation is 2. The molecule has 0 unspecified atom stereocenters. The normalized spacial score (nSPS) is 11.2. The number of carbonyl (C=O) groups is 1. The number of aromatic nitrogens is 4. The summed E-state index contributed by atoms with van der Waals surface area (Å²) in [4.78, 5) is 33.7. The largest absolute Gasteiger partial charge is 0.454 e. The zero-order valence-electron chi connectivity index (χ0n) is 15.5. The van der Waals surface area contributed by atoms with Gasteiger partial charge in [-0.25, -0.2) is 4.98 Å². The predicted octanol–water partition coefficient (Wildman–Crippen LogP) is 2.41. The Balaban J connectivity index is 1.37. The summed E-state index contributed by atoms with van der Waals surface area (Å²) >= 11 is 1.51. The first kappa shape index (κ1) is 18.2. The van der Waals surface area contributed by atoms with E-state index >= 15 is 0 Å². The molecule has 0 atom stereocenters. The number of hydrogen-bond acceptors (Lipinski definition) is 6. The number of hydrogen-bond donors (Lipinski definition) is 2. The van der Waals surface area contributed by atoms with Crippen molar-refractivity contribution in [3.63, 3.8) is 0 Å². The number of thiophene rings is 1. The maximum Gasteiger partial charge on any atom is 0.287 e. The van der Waals surface area contributed by atoms with Crippen LogP contribution in [0.15, 0.2) is 39.8 Å². The van der Waals surface area contributed by atoms with E-state index in [0.717, 1.165) is 15.3 Å². The van der Waals surface area contributed by atoms with E-state index in [2.05, 4.69) is 20.4 Å². The van der Waals surface area contributed by atoms with Gasteiger partial charge in [-0.1, -0.05) is 0 Å². The van der Waals surface area contributed by atoms with Crippen LogP contribution in [0, 0.1) is 13.8 Å². The molecule has 4 rings (SSSR count). The molecule has 4 heterocycles. The first-order chi connectivity index (χ1) is 13.5. The summed E-state index contributed by atoms with van der Waals surface area (Å²) in [5.41, 5.74) is 0.833. The van der Waals surface area contributed by atoms with Crippen molar-refractivity contribution in [3.05, 3.63) is 68.7 Å². The van der Waals surface area contributed by atoms with Gasteiger partial charge in [0, 0.05) is 30.2 Å². The zero-order valence-corrected chi connectivity index (χ0v) is 16.3. The number of nitrogens with one attached hydrogen (secondary N) is 2. The summed E-state index contributed by atoms with van der Waals surface area (Å²) < 4.78 is 7.28. The second-order valence-electron chi connectivity index (χ2n) is 6.45. The van der Waals surface area contributed by atoms with Crippen molar-refractivity contribution in [1.82, 2.24) is 25.1 Å². The Hall–Kier alpha value is -3.20. The number of carbonyl (C=O) groups excluding carboxylic acids is 1. The Bertz CT molecular complexity index is 1190. The van der Waals surface area contributed by atoms with Crippen LogP contribution in [0.5, 0.6) is 0 Å². The average Bonchev–Trinajstić information content (AvgIpc) is 3.38. The van der Waals surface area contributed by atoms with Crippen LogP contribution in [0.4, 0.5) is 0 Å². The van der Waals surface area contributed by atoms with Gasteiger partial charge in [0.15, 0.2) is 5.76 Å². The lowest BCUT2D eigenvalue weighted by molar-refractivity contribution is 0.0924. The van der Waals surface area contributed by atoms with Gasteiger partial charge in [-0.2, -0.15) is 5.10 Å². The van der Waals surface area contributed by atoms with Crippen LogP contribution in [0.25, 0.3) is 10.2 Å². The Morgan fingerprint density at radius 2 is 2.21 bits per heavy atom. The molecule has 144 valence electrons. The van der Waals surface area contributed by atoms with Crippen molar-refractivity contribution in [3.8, 4) is 0 Å². The van der Waals surface area contributed by atoms with Crippen LogP contribution < -0.4 is 10.9 Å². The second-order valence-corrected chi connectivity index (χ2v) is 7.65. The number of nitrogens with zero attached hydrogens (tertiary/aromatic N) is 3. The number of aromatic amines is 1. The first-order valence-electron chi connectivity index (χ1n) is 8.84. The zero-order chi connectivity index (χ0) is 19.7. The molecule has 0 saturated carbocycles. The van der Waals surface area contributed by atoms with E-state index < -0.39 is 0 Å². The Morgan fingerprint density at radius 1 is 1.36 bits per heavy atom. The fraction of sp³-hybridized carbons (Fsp3) is 0.263. The van der Waals surface area contributed by atoms with Gasteiger partial charge in [0.05, 0.1) is 11.9 Å². The van der Waals surface area contributed by atoms with Gasteiger partial charge in [0.1, 0.15) is 16.4 Å². The van der Waals surface area contributed by atoms with Crippen LogP contribution in [0.2, 0.25) is 0 Å². The van der Waals surface area contributed by atoms with Crippen LogP contribution in [-0.4, -0.2) is 32.2 Å². The molecule has 0 bridgehead atoms. The van der Waals surface area contributed by atoms with Gasteiger partial charge < -0.3 is 14.7 Å². The first-order valence-corrected chi connectivity index (χ1v) is 9.66. The highest BCUT2D eigenvalue weighted by molar-refractivity contribution is 7.18. The lowest BCUT2D eigenvalue weighted by Gasteiger charge is -2.04. The topological polar surface area (TPSA) is 106 Å². The average molecular weight is 397 g/mol. The van der Waals surface area contributed by atoms with E-state index in [1.54, 1.807) is 23.0 Å². The monoisotopic (exact) mass is 397 g/mol. The molecule has 0 aliphatic heterocycles. The lowest BCUT2D eigenvalue weighted by Crippen LogP contribution is -2.26. The van der Waals surface area contributed by atoms with Crippen molar-refractivity contribution in [2.75, 3.05) is 6.54 Å². The smallest absolute Gasteiger partial charge is 0.287 e. The van der Waals surface area contributed by atoms with Crippen LogP contribution >= 0.6 is 11.3 Å². The lowest BCUT2D eigenvalue weighted by atomic mass is 10.2. The quantitative estimate of drug-likeness (QED) is 0.520. The minimum absolute atomic E-state index is 0.137. The molecule has 0 fully saturated rings.